The van der Waals surface area contributed by atoms with Gasteiger partial charge in [-0.2, -0.15) is 0 Å². The van der Waals surface area contributed by atoms with Crippen molar-refractivity contribution in [2.45, 2.75) is 39.9 Å². The monoisotopic (exact) mass is 420 g/mol. The van der Waals surface area contributed by atoms with E-state index in [2.05, 4.69) is 0 Å². The van der Waals surface area contributed by atoms with Crippen LogP contribution in [-0.2, 0) is 14.3 Å². The van der Waals surface area contributed by atoms with E-state index in [1.165, 1.54) is 12.0 Å². The topological polar surface area (TPSA) is 59.1 Å². The average molecular weight is 421 g/mol. The Bertz CT molecular complexity index is 1060. The zero-order valence-electron chi connectivity index (χ0n) is 18.6. The van der Waals surface area contributed by atoms with Crippen molar-refractivity contribution in [1.82, 2.24) is 4.90 Å². The van der Waals surface area contributed by atoms with E-state index in [1.807, 2.05) is 56.9 Å². The molecule has 31 heavy (non-hydrogen) atoms. The standard InChI is InChI=1S/C25H28N2O4/c1-15-10-11-19(12-16(15)2)22-23(26-13-17(3)31-18(4)14-26)25(29)27(24(22)28)20-8-6-7-9-21(20)30-5/h6-12,17-18H,13-14H2,1-5H3. The van der Waals surface area contributed by atoms with Gasteiger partial charge in [0.05, 0.1) is 30.6 Å². The third kappa shape index (κ3) is 3.72. The number of aryl methyl sites for hydroxylation is 2. The van der Waals surface area contributed by atoms with Crippen LogP contribution in [0.2, 0.25) is 0 Å². The molecule has 2 aliphatic heterocycles. The van der Waals surface area contributed by atoms with Crippen molar-refractivity contribution in [3.05, 3.63) is 64.9 Å². The van der Waals surface area contributed by atoms with Crippen LogP contribution in [0.1, 0.15) is 30.5 Å². The molecule has 2 atom stereocenters. The summed E-state index contributed by atoms with van der Waals surface area (Å²) in [5, 5.41) is 0. The van der Waals surface area contributed by atoms with E-state index in [0.29, 0.717) is 35.8 Å². The molecule has 1 saturated heterocycles. The first-order chi connectivity index (χ1) is 14.8. The normalized spacial score (nSPS) is 21.8. The molecule has 0 spiro atoms. The molecule has 0 aromatic heterocycles. The van der Waals surface area contributed by atoms with E-state index >= 15 is 0 Å². The molecule has 2 aromatic carbocycles. The Hall–Kier alpha value is -3.12. The predicted molar refractivity (Wildman–Crippen MR) is 120 cm³/mol. The lowest BCUT2D eigenvalue weighted by molar-refractivity contribution is -0.121. The SMILES string of the molecule is COc1ccccc1N1C(=O)C(c2ccc(C)c(C)c2)=C(N2CC(C)OC(C)C2)C1=O. The Kier molecular flexibility index (Phi) is 5.58. The lowest BCUT2D eigenvalue weighted by atomic mass is 9.99. The number of methoxy groups -OCH3 is 1. The molecule has 0 bridgehead atoms. The molecule has 2 heterocycles. The molecule has 0 aliphatic carbocycles. The smallest absolute Gasteiger partial charge is 0.282 e. The molecule has 2 aromatic rings. The quantitative estimate of drug-likeness (QED) is 0.706. The maximum absolute atomic E-state index is 13.7. The molecule has 1 fully saturated rings. The van der Waals surface area contributed by atoms with E-state index in [-0.39, 0.29) is 24.0 Å². The van der Waals surface area contributed by atoms with E-state index in [0.717, 1.165) is 16.7 Å². The summed E-state index contributed by atoms with van der Waals surface area (Å²) in [7, 11) is 1.54. The molecule has 6 heteroatoms. The number of imide groups is 1. The van der Waals surface area contributed by atoms with Gasteiger partial charge in [-0.1, -0.05) is 30.3 Å². The molecular weight excluding hydrogens is 392 g/mol. The largest absolute Gasteiger partial charge is 0.495 e. The molecule has 2 amide bonds. The van der Waals surface area contributed by atoms with E-state index < -0.39 is 0 Å². The van der Waals surface area contributed by atoms with E-state index in [1.54, 1.807) is 18.2 Å². The summed E-state index contributed by atoms with van der Waals surface area (Å²) >= 11 is 0. The highest BCUT2D eigenvalue weighted by atomic mass is 16.5. The fourth-order valence-corrected chi connectivity index (χ4v) is 4.36. The third-order valence-electron chi connectivity index (χ3n) is 5.92. The van der Waals surface area contributed by atoms with Crippen LogP contribution in [0.4, 0.5) is 5.69 Å². The van der Waals surface area contributed by atoms with Gasteiger partial charge in [0.15, 0.2) is 0 Å². The highest BCUT2D eigenvalue weighted by Gasteiger charge is 2.44. The van der Waals surface area contributed by atoms with Crippen molar-refractivity contribution in [3.8, 4) is 5.75 Å². The number of anilines is 1. The van der Waals surface area contributed by atoms with Crippen LogP contribution in [0.3, 0.4) is 0 Å². The van der Waals surface area contributed by atoms with Gasteiger partial charge in [0.2, 0.25) is 0 Å². The Balaban J connectivity index is 1.88. The van der Waals surface area contributed by atoms with Crippen LogP contribution >= 0.6 is 0 Å². The van der Waals surface area contributed by atoms with Gasteiger partial charge in [0.25, 0.3) is 11.8 Å². The number of rotatable bonds is 4. The minimum atomic E-state index is -0.334. The molecule has 2 unspecified atom stereocenters. The summed E-state index contributed by atoms with van der Waals surface area (Å²) in [5.74, 6) is -0.183. The highest BCUT2D eigenvalue weighted by Crippen LogP contribution is 2.39. The summed E-state index contributed by atoms with van der Waals surface area (Å²) in [6.07, 6.45) is -0.0825. The fourth-order valence-electron chi connectivity index (χ4n) is 4.36. The molecule has 0 radical (unpaired) electrons. The molecule has 0 N–H and O–H groups in total. The van der Waals surface area contributed by atoms with Gasteiger partial charge >= 0.3 is 0 Å². The van der Waals surface area contributed by atoms with Gasteiger partial charge in [-0.3, -0.25) is 9.59 Å². The average Bonchev–Trinajstić information content (AvgIpc) is 2.99. The second kappa shape index (κ2) is 8.19. The van der Waals surface area contributed by atoms with Crippen LogP contribution in [0.5, 0.6) is 5.75 Å². The van der Waals surface area contributed by atoms with Crippen molar-refractivity contribution < 1.29 is 19.1 Å². The summed E-state index contributed by atoms with van der Waals surface area (Å²) in [6.45, 7) is 9.11. The summed E-state index contributed by atoms with van der Waals surface area (Å²) < 4.78 is 11.3. The lowest BCUT2D eigenvalue weighted by Crippen LogP contribution is -2.47. The first-order valence-electron chi connectivity index (χ1n) is 10.6. The zero-order chi connectivity index (χ0) is 22.3. The second-order valence-electron chi connectivity index (χ2n) is 8.30. The summed E-state index contributed by atoms with van der Waals surface area (Å²) in [5.41, 5.74) is 4.27. The van der Waals surface area contributed by atoms with Crippen molar-refractivity contribution in [3.63, 3.8) is 0 Å². The number of benzene rings is 2. The zero-order valence-corrected chi connectivity index (χ0v) is 18.6. The molecule has 6 nitrogen and oxygen atoms in total. The van der Waals surface area contributed by atoms with Gasteiger partial charge in [0, 0.05) is 13.1 Å². The summed E-state index contributed by atoms with van der Waals surface area (Å²) in [4.78, 5) is 30.7. The van der Waals surface area contributed by atoms with Crippen molar-refractivity contribution in [2.75, 3.05) is 25.1 Å². The molecular formula is C25H28N2O4. The van der Waals surface area contributed by atoms with E-state index in [4.69, 9.17) is 9.47 Å². The first-order valence-corrected chi connectivity index (χ1v) is 10.6. The van der Waals surface area contributed by atoms with Gasteiger partial charge < -0.3 is 14.4 Å². The Labute approximate surface area is 183 Å². The van der Waals surface area contributed by atoms with Crippen LogP contribution in [0.25, 0.3) is 5.57 Å². The van der Waals surface area contributed by atoms with Crippen LogP contribution in [-0.4, -0.2) is 49.1 Å². The highest BCUT2D eigenvalue weighted by molar-refractivity contribution is 6.45. The van der Waals surface area contributed by atoms with E-state index in [9.17, 15) is 9.59 Å². The summed E-state index contributed by atoms with van der Waals surface area (Å²) in [6, 6.07) is 13.0. The fraction of sp³-hybridized carbons (Fsp3) is 0.360. The minimum Gasteiger partial charge on any atom is -0.495 e. The molecule has 2 aliphatic rings. The predicted octanol–water partition coefficient (Wildman–Crippen LogP) is 3.71. The number of hydrogen-bond acceptors (Lipinski definition) is 5. The second-order valence-corrected chi connectivity index (χ2v) is 8.30. The first kappa shape index (κ1) is 21.1. The molecule has 162 valence electrons. The van der Waals surface area contributed by atoms with Crippen molar-refractivity contribution in [2.24, 2.45) is 0 Å². The number of morpholine rings is 1. The third-order valence-corrected chi connectivity index (χ3v) is 5.92. The Morgan fingerprint density at radius 2 is 1.61 bits per heavy atom. The van der Waals surface area contributed by atoms with Crippen molar-refractivity contribution >= 4 is 23.1 Å². The Morgan fingerprint density at radius 3 is 2.26 bits per heavy atom. The maximum atomic E-state index is 13.7. The number of hydrogen-bond donors (Lipinski definition) is 0. The number of para-hydroxylation sites is 2. The maximum Gasteiger partial charge on any atom is 0.282 e. The number of amides is 2. The minimum absolute atomic E-state index is 0.0412. The number of nitrogens with zero attached hydrogens (tertiary/aromatic N) is 2. The van der Waals surface area contributed by atoms with Gasteiger partial charge in [-0.05, 0) is 56.5 Å². The van der Waals surface area contributed by atoms with Crippen LogP contribution < -0.4 is 9.64 Å². The molecule has 4 rings (SSSR count). The van der Waals surface area contributed by atoms with Crippen molar-refractivity contribution in [1.29, 1.82) is 0 Å². The Morgan fingerprint density at radius 1 is 0.935 bits per heavy atom. The van der Waals surface area contributed by atoms with Gasteiger partial charge in [-0.15, -0.1) is 0 Å². The van der Waals surface area contributed by atoms with Crippen LogP contribution in [0.15, 0.2) is 48.2 Å². The van der Waals surface area contributed by atoms with Gasteiger partial charge in [0.1, 0.15) is 11.4 Å². The van der Waals surface area contributed by atoms with Gasteiger partial charge in [-0.25, -0.2) is 4.90 Å². The lowest BCUT2D eigenvalue weighted by Gasteiger charge is -2.37. The number of carbonyl (C=O) groups is 2. The molecule has 0 saturated carbocycles. The number of carbonyl (C=O) groups excluding carboxylic acids is 2. The number of ether oxygens (including phenoxy) is 2. The van der Waals surface area contributed by atoms with Crippen LogP contribution in [0, 0.1) is 13.8 Å².